The van der Waals surface area contributed by atoms with Crippen molar-refractivity contribution in [3.63, 3.8) is 0 Å². The molecule has 0 saturated carbocycles. The van der Waals surface area contributed by atoms with Crippen molar-refractivity contribution in [3.8, 4) is 0 Å². The second-order valence-corrected chi connectivity index (χ2v) is 6.92. The largest absolute Gasteiger partial charge is 0.464 e. The van der Waals surface area contributed by atoms with Crippen molar-refractivity contribution in [2.75, 3.05) is 7.11 Å². The highest BCUT2D eigenvalue weighted by Crippen LogP contribution is 2.28. The van der Waals surface area contributed by atoms with Crippen molar-refractivity contribution in [1.29, 1.82) is 0 Å². The van der Waals surface area contributed by atoms with E-state index in [-0.39, 0.29) is 24.0 Å². The monoisotopic (exact) mass is 364 g/mol. The summed E-state index contributed by atoms with van der Waals surface area (Å²) in [4.78, 5) is 30.1. The molecule has 2 rings (SSSR count). The number of amides is 1. The Morgan fingerprint density at radius 2 is 1.92 bits per heavy atom. The second-order valence-electron chi connectivity index (χ2n) is 6.49. The Labute approximate surface area is 151 Å². The smallest absolute Gasteiger partial charge is 0.360 e. The average molecular weight is 365 g/mol. The molecule has 25 heavy (non-hydrogen) atoms. The molecule has 6 nitrogen and oxygen atoms in total. The van der Waals surface area contributed by atoms with Crippen LogP contribution in [0.15, 0.2) is 41.0 Å². The number of oxazole rings is 1. The van der Waals surface area contributed by atoms with Gasteiger partial charge < -0.3 is 14.1 Å². The van der Waals surface area contributed by atoms with Gasteiger partial charge in [0.25, 0.3) is 0 Å². The van der Waals surface area contributed by atoms with Gasteiger partial charge in [-0.05, 0) is 26.3 Å². The maximum atomic E-state index is 12.9. The molecule has 0 aliphatic heterocycles. The van der Waals surface area contributed by atoms with Crippen LogP contribution in [-0.2, 0) is 16.1 Å². The first-order valence-electron chi connectivity index (χ1n) is 7.77. The van der Waals surface area contributed by atoms with E-state index in [0.717, 1.165) is 0 Å². The molecule has 0 bridgehead atoms. The van der Waals surface area contributed by atoms with E-state index in [0.29, 0.717) is 5.56 Å². The van der Waals surface area contributed by atoms with Gasteiger partial charge in [-0.25, -0.2) is 9.78 Å². The van der Waals surface area contributed by atoms with Gasteiger partial charge in [0.2, 0.25) is 11.8 Å². The summed E-state index contributed by atoms with van der Waals surface area (Å²) in [5, 5.41) is -0.824. The average Bonchev–Trinajstić information content (AvgIpc) is 3.06. The Kier molecular flexibility index (Phi) is 5.85. The number of nitrogens with zero attached hydrogens (tertiary/aromatic N) is 2. The fourth-order valence-electron chi connectivity index (χ4n) is 2.26. The van der Waals surface area contributed by atoms with E-state index < -0.39 is 16.9 Å². The van der Waals surface area contributed by atoms with Gasteiger partial charge in [-0.1, -0.05) is 30.3 Å². The molecule has 0 N–H and O–H groups in total. The van der Waals surface area contributed by atoms with Gasteiger partial charge in [-0.3, -0.25) is 4.79 Å². The lowest BCUT2D eigenvalue weighted by atomic mass is 10.0. The number of carbonyl (C=O) groups excluding carboxylic acids is 2. The molecule has 0 unspecified atom stereocenters. The summed E-state index contributed by atoms with van der Waals surface area (Å²) in [5.74, 6) is -0.623. The second kappa shape index (κ2) is 7.70. The number of halogens is 1. The number of hydrogen-bond donors (Lipinski definition) is 0. The predicted octanol–water partition coefficient (Wildman–Crippen LogP) is 3.57. The van der Waals surface area contributed by atoms with Crippen LogP contribution in [0.5, 0.6) is 0 Å². The Hall–Kier alpha value is -2.34. The number of rotatable bonds is 5. The Balaban J connectivity index is 2.23. The van der Waals surface area contributed by atoms with Gasteiger partial charge in [0, 0.05) is 5.54 Å². The van der Waals surface area contributed by atoms with Crippen molar-refractivity contribution >= 4 is 23.5 Å². The van der Waals surface area contributed by atoms with Crippen LogP contribution in [0.25, 0.3) is 0 Å². The summed E-state index contributed by atoms with van der Waals surface area (Å²) in [6, 6.07) is 9.13. The number of ether oxygens (including phenoxy) is 1. The number of hydrogen-bond acceptors (Lipinski definition) is 5. The maximum absolute atomic E-state index is 12.9. The third kappa shape index (κ3) is 4.60. The zero-order valence-electron chi connectivity index (χ0n) is 14.7. The summed E-state index contributed by atoms with van der Waals surface area (Å²) < 4.78 is 9.90. The van der Waals surface area contributed by atoms with Crippen molar-refractivity contribution in [3.05, 3.63) is 53.7 Å². The molecule has 1 amide bonds. The van der Waals surface area contributed by atoms with Crippen LogP contribution in [0, 0.1) is 0 Å². The fourth-order valence-corrected chi connectivity index (χ4v) is 2.53. The lowest BCUT2D eigenvalue weighted by Gasteiger charge is -2.36. The number of methoxy groups -OCH3 is 1. The van der Waals surface area contributed by atoms with Gasteiger partial charge in [0.05, 0.1) is 13.7 Å². The van der Waals surface area contributed by atoms with E-state index in [1.807, 2.05) is 39.0 Å². The van der Waals surface area contributed by atoms with Crippen LogP contribution in [0.1, 0.15) is 48.1 Å². The predicted molar refractivity (Wildman–Crippen MR) is 93.2 cm³/mol. The summed E-state index contributed by atoms with van der Waals surface area (Å²) >= 11 is 6.39. The molecule has 7 heteroatoms. The fraction of sp³-hybridized carbons (Fsp3) is 0.389. The summed E-state index contributed by atoms with van der Waals surface area (Å²) in [5.41, 5.74) is 0.259. The standard InChI is InChI=1S/C18H21ClN2O4/c1-18(2,3)21(10-14-20-13(11-25-14)17(23)24-4)16(22)15(19)12-8-6-5-7-9-12/h5-9,11,15H,10H2,1-4H3/t15-/m1/s1. The van der Waals surface area contributed by atoms with Crippen molar-refractivity contribution in [2.24, 2.45) is 0 Å². The van der Waals surface area contributed by atoms with E-state index in [4.69, 9.17) is 16.0 Å². The van der Waals surface area contributed by atoms with Crippen LogP contribution in [0.4, 0.5) is 0 Å². The SMILES string of the molecule is COC(=O)c1coc(CN(C(=O)[C@H](Cl)c2ccccc2)C(C)(C)C)n1. The zero-order valence-corrected chi connectivity index (χ0v) is 15.4. The van der Waals surface area contributed by atoms with Gasteiger partial charge >= 0.3 is 5.97 Å². The van der Waals surface area contributed by atoms with Crippen molar-refractivity contribution < 1.29 is 18.7 Å². The van der Waals surface area contributed by atoms with Crippen LogP contribution in [0.2, 0.25) is 0 Å². The molecule has 1 aromatic carbocycles. The van der Waals surface area contributed by atoms with Crippen LogP contribution >= 0.6 is 11.6 Å². The Morgan fingerprint density at radius 3 is 2.48 bits per heavy atom. The third-order valence-electron chi connectivity index (χ3n) is 3.62. The van der Waals surface area contributed by atoms with E-state index in [1.54, 1.807) is 17.0 Å². The highest BCUT2D eigenvalue weighted by Gasteiger charge is 2.33. The molecular formula is C18H21ClN2O4. The molecule has 0 fully saturated rings. The van der Waals surface area contributed by atoms with E-state index >= 15 is 0 Å². The number of carbonyl (C=O) groups is 2. The molecule has 0 aliphatic rings. The van der Waals surface area contributed by atoms with Crippen molar-refractivity contribution in [1.82, 2.24) is 9.88 Å². The molecule has 2 aromatic rings. The van der Waals surface area contributed by atoms with Gasteiger partial charge in [0.1, 0.15) is 11.6 Å². The summed E-state index contributed by atoms with van der Waals surface area (Å²) in [7, 11) is 1.26. The first-order chi connectivity index (χ1) is 11.7. The minimum Gasteiger partial charge on any atom is -0.464 e. The topological polar surface area (TPSA) is 72.6 Å². The zero-order chi connectivity index (χ0) is 18.6. The molecule has 1 heterocycles. The van der Waals surface area contributed by atoms with Gasteiger partial charge in [-0.15, -0.1) is 11.6 Å². The third-order valence-corrected chi connectivity index (χ3v) is 4.06. The molecule has 0 aliphatic carbocycles. The minimum atomic E-state index is -0.824. The number of benzene rings is 1. The lowest BCUT2D eigenvalue weighted by Crippen LogP contribution is -2.46. The molecule has 134 valence electrons. The normalized spacial score (nSPS) is 12.5. The number of esters is 1. The molecular weight excluding hydrogens is 344 g/mol. The molecule has 0 radical (unpaired) electrons. The highest BCUT2D eigenvalue weighted by molar-refractivity contribution is 6.30. The molecule has 1 atom stereocenters. The van der Waals surface area contributed by atoms with E-state index in [1.165, 1.54) is 13.4 Å². The van der Waals surface area contributed by atoms with Crippen LogP contribution in [-0.4, -0.2) is 34.4 Å². The first kappa shape index (κ1) is 19.0. The van der Waals surface area contributed by atoms with Crippen molar-refractivity contribution in [2.45, 2.75) is 38.2 Å². The number of aromatic nitrogens is 1. The molecule has 0 saturated heterocycles. The van der Waals surface area contributed by atoms with Crippen LogP contribution < -0.4 is 0 Å². The van der Waals surface area contributed by atoms with Gasteiger partial charge in [-0.2, -0.15) is 0 Å². The van der Waals surface area contributed by atoms with Gasteiger partial charge in [0.15, 0.2) is 5.69 Å². The maximum Gasteiger partial charge on any atom is 0.360 e. The summed E-state index contributed by atoms with van der Waals surface area (Å²) in [6.07, 6.45) is 1.21. The highest BCUT2D eigenvalue weighted by atomic mass is 35.5. The summed E-state index contributed by atoms with van der Waals surface area (Å²) in [6.45, 7) is 5.77. The number of alkyl halides is 1. The van der Waals surface area contributed by atoms with E-state index in [2.05, 4.69) is 9.72 Å². The van der Waals surface area contributed by atoms with E-state index in [9.17, 15) is 9.59 Å². The van der Waals surface area contributed by atoms with Crippen LogP contribution in [0.3, 0.4) is 0 Å². The molecule has 1 aromatic heterocycles. The quantitative estimate of drug-likeness (QED) is 0.599. The Morgan fingerprint density at radius 1 is 1.28 bits per heavy atom. The minimum absolute atomic E-state index is 0.0595. The Bertz CT molecular complexity index is 737. The lowest BCUT2D eigenvalue weighted by molar-refractivity contribution is -0.137. The molecule has 0 spiro atoms. The first-order valence-corrected chi connectivity index (χ1v) is 8.21.